The molecule has 0 radical (unpaired) electrons. The summed E-state index contributed by atoms with van der Waals surface area (Å²) in [6, 6.07) is 1.38. The number of allylic oxidation sites excluding steroid dienone is 1. The van der Waals surface area contributed by atoms with E-state index in [1.807, 2.05) is 0 Å². The van der Waals surface area contributed by atoms with Gasteiger partial charge in [-0.05, 0) is 5.56 Å². The maximum absolute atomic E-state index is 10.6. The van der Waals surface area contributed by atoms with Crippen molar-refractivity contribution < 1.29 is 9.66 Å². The highest BCUT2D eigenvalue weighted by Gasteiger charge is 2.15. The Bertz CT molecular complexity index is 393. The molecule has 0 aliphatic heterocycles. The molecule has 15 heavy (non-hydrogen) atoms. The van der Waals surface area contributed by atoms with Crippen LogP contribution in [-0.2, 0) is 0 Å². The first-order valence-corrected chi connectivity index (χ1v) is 4.63. The largest absolute Gasteiger partial charge is 0.476 e. The number of nitrogens with zero attached hydrogens (tertiary/aromatic N) is 2. The van der Waals surface area contributed by atoms with Crippen molar-refractivity contribution in [1.82, 2.24) is 4.98 Å². The molecule has 0 N–H and O–H groups in total. The molecule has 0 saturated carbocycles. The Morgan fingerprint density at radius 2 is 2.47 bits per heavy atom. The summed E-state index contributed by atoms with van der Waals surface area (Å²) in [5.41, 5.74) is 0.456. The van der Waals surface area contributed by atoms with E-state index >= 15 is 0 Å². The van der Waals surface area contributed by atoms with Crippen LogP contribution >= 0.6 is 11.6 Å². The highest BCUT2D eigenvalue weighted by molar-refractivity contribution is 6.19. The van der Waals surface area contributed by atoms with E-state index in [-0.39, 0.29) is 11.6 Å². The number of hydrogen-bond acceptors (Lipinski definition) is 4. The zero-order valence-corrected chi connectivity index (χ0v) is 8.77. The van der Waals surface area contributed by atoms with Gasteiger partial charge in [0.2, 0.25) is 0 Å². The predicted octanol–water partition coefficient (Wildman–Crippen LogP) is 2.25. The van der Waals surface area contributed by atoms with E-state index in [9.17, 15) is 10.1 Å². The smallest absolute Gasteiger partial charge is 0.331 e. The second-order valence-corrected chi connectivity index (χ2v) is 2.92. The summed E-state index contributed by atoms with van der Waals surface area (Å²) in [5.74, 6) is 0.350. The fourth-order valence-corrected chi connectivity index (χ4v) is 1.11. The van der Waals surface area contributed by atoms with Crippen LogP contribution in [0.4, 0.5) is 5.69 Å². The van der Waals surface area contributed by atoms with Crippen LogP contribution in [0.3, 0.4) is 0 Å². The van der Waals surface area contributed by atoms with Crippen LogP contribution in [0.5, 0.6) is 5.88 Å². The Hall–Kier alpha value is -1.62. The number of methoxy groups -OCH3 is 1. The van der Waals surface area contributed by atoms with Gasteiger partial charge in [0.1, 0.15) is 0 Å². The van der Waals surface area contributed by atoms with Crippen LogP contribution in [0.1, 0.15) is 5.56 Å². The Morgan fingerprint density at radius 1 is 1.73 bits per heavy atom. The van der Waals surface area contributed by atoms with E-state index in [1.54, 1.807) is 12.2 Å². The number of alkyl halides is 1. The molecule has 1 heterocycles. The second kappa shape index (κ2) is 5.31. The quantitative estimate of drug-likeness (QED) is 0.450. The van der Waals surface area contributed by atoms with Gasteiger partial charge < -0.3 is 4.74 Å². The van der Waals surface area contributed by atoms with Crippen molar-refractivity contribution in [1.29, 1.82) is 0 Å². The fraction of sp³-hybridized carbons (Fsp3) is 0.222. The van der Waals surface area contributed by atoms with E-state index in [0.717, 1.165) is 0 Å². The van der Waals surface area contributed by atoms with Crippen LogP contribution in [0, 0.1) is 10.1 Å². The average molecular weight is 229 g/mol. The van der Waals surface area contributed by atoms with Gasteiger partial charge in [0.25, 0.3) is 5.88 Å². The van der Waals surface area contributed by atoms with Crippen molar-refractivity contribution >= 4 is 23.4 Å². The van der Waals surface area contributed by atoms with Gasteiger partial charge in [0.15, 0.2) is 0 Å². The zero-order valence-electron chi connectivity index (χ0n) is 8.01. The third-order valence-corrected chi connectivity index (χ3v) is 1.82. The van der Waals surface area contributed by atoms with Gasteiger partial charge in [-0.3, -0.25) is 10.1 Å². The SMILES string of the molecule is COc1ncc(C=CCCl)cc1[N+](=O)[O-]. The molecule has 0 aromatic carbocycles. The molecule has 0 unspecified atom stereocenters. The molecule has 1 aromatic heterocycles. The number of ether oxygens (including phenoxy) is 1. The molecule has 0 amide bonds. The molecular weight excluding hydrogens is 220 g/mol. The van der Waals surface area contributed by atoms with Crippen LogP contribution in [-0.4, -0.2) is 22.9 Å². The van der Waals surface area contributed by atoms with Crippen LogP contribution in [0.25, 0.3) is 6.08 Å². The highest BCUT2D eigenvalue weighted by Crippen LogP contribution is 2.24. The van der Waals surface area contributed by atoms with Crippen molar-refractivity contribution in [2.24, 2.45) is 0 Å². The van der Waals surface area contributed by atoms with Crippen molar-refractivity contribution in [3.8, 4) is 5.88 Å². The van der Waals surface area contributed by atoms with Gasteiger partial charge in [-0.15, -0.1) is 11.6 Å². The van der Waals surface area contributed by atoms with Gasteiger partial charge in [0.05, 0.1) is 12.0 Å². The van der Waals surface area contributed by atoms with Crippen molar-refractivity contribution in [2.45, 2.75) is 0 Å². The molecule has 0 fully saturated rings. The van der Waals surface area contributed by atoms with Crippen molar-refractivity contribution in [3.63, 3.8) is 0 Å². The zero-order chi connectivity index (χ0) is 11.3. The number of pyridine rings is 1. The van der Waals surface area contributed by atoms with E-state index in [0.29, 0.717) is 11.4 Å². The van der Waals surface area contributed by atoms with Gasteiger partial charge in [-0.1, -0.05) is 12.2 Å². The van der Waals surface area contributed by atoms with E-state index in [2.05, 4.69) is 4.98 Å². The first-order chi connectivity index (χ1) is 7.19. The Balaban J connectivity index is 3.10. The van der Waals surface area contributed by atoms with Gasteiger partial charge >= 0.3 is 5.69 Å². The summed E-state index contributed by atoms with van der Waals surface area (Å²) in [5, 5.41) is 10.6. The van der Waals surface area contributed by atoms with Gasteiger partial charge in [-0.25, -0.2) is 4.98 Å². The molecule has 0 aliphatic rings. The lowest BCUT2D eigenvalue weighted by atomic mass is 10.2. The Labute approximate surface area is 91.5 Å². The van der Waals surface area contributed by atoms with Crippen LogP contribution in [0.15, 0.2) is 18.3 Å². The van der Waals surface area contributed by atoms with Crippen molar-refractivity contribution in [3.05, 3.63) is 34.0 Å². The number of rotatable bonds is 4. The van der Waals surface area contributed by atoms with Gasteiger partial charge in [-0.2, -0.15) is 0 Å². The minimum Gasteiger partial charge on any atom is -0.476 e. The Morgan fingerprint density at radius 3 is 3.00 bits per heavy atom. The maximum atomic E-state index is 10.6. The molecule has 0 aliphatic carbocycles. The lowest BCUT2D eigenvalue weighted by molar-refractivity contribution is -0.386. The molecular formula is C9H9ClN2O3. The summed E-state index contributed by atoms with van der Waals surface area (Å²) >= 11 is 5.45. The maximum Gasteiger partial charge on any atom is 0.331 e. The first-order valence-electron chi connectivity index (χ1n) is 4.10. The lowest BCUT2D eigenvalue weighted by Crippen LogP contribution is -1.96. The normalized spacial score (nSPS) is 10.5. The topological polar surface area (TPSA) is 65.3 Å². The predicted molar refractivity (Wildman–Crippen MR) is 57.2 cm³/mol. The molecule has 0 bridgehead atoms. The molecule has 0 spiro atoms. The average Bonchev–Trinajstić information content (AvgIpc) is 2.25. The van der Waals surface area contributed by atoms with Crippen LogP contribution < -0.4 is 4.74 Å². The third kappa shape index (κ3) is 2.92. The van der Waals surface area contributed by atoms with Crippen molar-refractivity contribution in [2.75, 3.05) is 13.0 Å². The molecule has 80 valence electrons. The van der Waals surface area contributed by atoms with E-state index in [4.69, 9.17) is 16.3 Å². The molecule has 0 saturated heterocycles. The van der Waals surface area contributed by atoms with Crippen LogP contribution in [0.2, 0.25) is 0 Å². The standard InChI is InChI=1S/C9H9ClN2O3/c1-15-9-8(12(13)14)5-7(6-11-9)3-2-4-10/h2-3,5-6H,4H2,1H3. The first kappa shape index (κ1) is 11.5. The summed E-state index contributed by atoms with van der Waals surface area (Å²) < 4.78 is 4.76. The summed E-state index contributed by atoms with van der Waals surface area (Å²) in [6.07, 6.45) is 4.82. The van der Waals surface area contributed by atoms with E-state index < -0.39 is 4.92 Å². The van der Waals surface area contributed by atoms with E-state index in [1.165, 1.54) is 19.4 Å². The molecule has 5 nitrogen and oxygen atoms in total. The minimum absolute atomic E-state index is 0.00280. The summed E-state index contributed by atoms with van der Waals surface area (Å²) in [6.45, 7) is 0. The number of aromatic nitrogens is 1. The highest BCUT2D eigenvalue weighted by atomic mass is 35.5. The minimum atomic E-state index is -0.538. The molecule has 6 heteroatoms. The number of halogens is 1. The molecule has 1 aromatic rings. The molecule has 0 atom stereocenters. The number of nitro groups is 1. The Kier molecular flexibility index (Phi) is 4.05. The summed E-state index contributed by atoms with van der Waals surface area (Å²) in [7, 11) is 1.34. The van der Waals surface area contributed by atoms with Gasteiger partial charge in [0, 0.05) is 18.1 Å². The lowest BCUT2D eigenvalue weighted by Gasteiger charge is -2.00. The number of hydrogen-bond donors (Lipinski definition) is 0. The second-order valence-electron chi connectivity index (χ2n) is 2.61. The third-order valence-electron chi connectivity index (χ3n) is 1.64. The monoisotopic (exact) mass is 228 g/mol. The summed E-state index contributed by atoms with van der Waals surface area (Å²) in [4.78, 5) is 13.9. The molecule has 1 rings (SSSR count). The fourth-order valence-electron chi connectivity index (χ4n) is 1.02.